The predicted molar refractivity (Wildman–Crippen MR) is 65.9 cm³/mol. The molecule has 1 aromatic carbocycles. The molecule has 0 aliphatic rings. The molecule has 90 valence electrons. The number of nitrogens with zero attached hydrogens (tertiary/aromatic N) is 1. The second-order valence-corrected chi connectivity index (χ2v) is 5.69. The lowest BCUT2D eigenvalue weighted by Gasteiger charge is -2.03. The molecule has 5 heteroatoms. The van der Waals surface area contributed by atoms with Crippen molar-refractivity contribution in [3.63, 3.8) is 0 Å². The summed E-state index contributed by atoms with van der Waals surface area (Å²) in [5, 5.41) is 0.752. The first-order valence-corrected chi connectivity index (χ1v) is 6.80. The first kappa shape index (κ1) is 11.0. The van der Waals surface area contributed by atoms with Crippen molar-refractivity contribution in [2.24, 2.45) is 0 Å². The lowest BCUT2D eigenvalue weighted by molar-refractivity contribution is 0.591. The van der Waals surface area contributed by atoms with E-state index in [9.17, 15) is 8.42 Å². The molecule has 0 radical (unpaired) electrons. The Kier molecular flexibility index (Phi) is 2.41. The van der Waals surface area contributed by atoms with Crippen molar-refractivity contribution in [2.45, 2.75) is 9.92 Å². The molecule has 0 bridgehead atoms. The van der Waals surface area contributed by atoms with Gasteiger partial charge in [0.2, 0.25) is 9.84 Å². The second kappa shape index (κ2) is 3.96. The minimum absolute atomic E-state index is 0.0302. The van der Waals surface area contributed by atoms with E-state index < -0.39 is 9.84 Å². The minimum atomic E-state index is -3.56. The van der Waals surface area contributed by atoms with Crippen LogP contribution in [-0.2, 0) is 9.84 Å². The molecule has 0 atom stereocenters. The van der Waals surface area contributed by atoms with Crippen LogP contribution in [0.3, 0.4) is 0 Å². The zero-order valence-corrected chi connectivity index (χ0v) is 10.1. The summed E-state index contributed by atoms with van der Waals surface area (Å²) in [5.41, 5.74) is 0.571. The number of sulfone groups is 1. The molecule has 0 spiro atoms. The SMILES string of the molecule is O=S(=O)(c1ccccc1)c1cc2ccoc2cn1. The molecule has 4 nitrogen and oxygen atoms in total. The molecule has 2 aromatic heterocycles. The Balaban J connectivity index is 2.19. The number of aromatic nitrogens is 1. The van der Waals surface area contributed by atoms with E-state index in [4.69, 9.17) is 4.42 Å². The van der Waals surface area contributed by atoms with E-state index in [1.807, 2.05) is 0 Å². The highest BCUT2D eigenvalue weighted by Gasteiger charge is 2.19. The Labute approximate surface area is 104 Å². The largest absolute Gasteiger partial charge is 0.463 e. The van der Waals surface area contributed by atoms with Crippen LogP contribution in [0.1, 0.15) is 0 Å². The predicted octanol–water partition coefficient (Wildman–Crippen LogP) is 2.66. The van der Waals surface area contributed by atoms with Gasteiger partial charge in [-0.3, -0.25) is 0 Å². The zero-order chi connectivity index (χ0) is 12.6. The highest BCUT2D eigenvalue weighted by Crippen LogP contribution is 2.22. The quantitative estimate of drug-likeness (QED) is 0.710. The molecule has 3 rings (SSSR count). The van der Waals surface area contributed by atoms with Gasteiger partial charge in [0.1, 0.15) is 0 Å². The summed E-state index contributed by atoms with van der Waals surface area (Å²) in [6, 6.07) is 11.5. The third kappa shape index (κ3) is 1.69. The monoisotopic (exact) mass is 259 g/mol. The smallest absolute Gasteiger partial charge is 0.223 e. The van der Waals surface area contributed by atoms with Gasteiger partial charge in [-0.15, -0.1) is 0 Å². The number of fused-ring (bicyclic) bond motifs is 1. The third-order valence-corrected chi connectivity index (χ3v) is 4.31. The maximum atomic E-state index is 12.3. The summed E-state index contributed by atoms with van der Waals surface area (Å²) in [6.45, 7) is 0. The number of rotatable bonds is 2. The van der Waals surface area contributed by atoms with E-state index in [0.29, 0.717) is 5.58 Å². The maximum Gasteiger partial charge on any atom is 0.223 e. The Morgan fingerprint density at radius 2 is 1.83 bits per heavy atom. The Hall–Kier alpha value is -2.14. The topological polar surface area (TPSA) is 60.2 Å². The van der Waals surface area contributed by atoms with Crippen molar-refractivity contribution in [1.82, 2.24) is 4.98 Å². The number of hydrogen-bond acceptors (Lipinski definition) is 4. The highest BCUT2D eigenvalue weighted by molar-refractivity contribution is 7.91. The Morgan fingerprint density at radius 1 is 1.06 bits per heavy atom. The second-order valence-electron chi connectivity index (χ2n) is 3.80. The van der Waals surface area contributed by atoms with Gasteiger partial charge in [-0.25, -0.2) is 13.4 Å². The average Bonchev–Trinajstić information content (AvgIpc) is 2.87. The van der Waals surface area contributed by atoms with E-state index in [2.05, 4.69) is 4.98 Å². The standard InChI is InChI=1S/C13H9NO3S/c15-18(16,11-4-2-1-3-5-11)13-8-10-6-7-17-12(10)9-14-13/h1-9H. The van der Waals surface area contributed by atoms with Crippen LogP contribution in [0.25, 0.3) is 11.0 Å². The van der Waals surface area contributed by atoms with Gasteiger partial charge in [0.25, 0.3) is 0 Å². The van der Waals surface area contributed by atoms with Crippen LogP contribution in [0.2, 0.25) is 0 Å². The zero-order valence-electron chi connectivity index (χ0n) is 9.28. The summed E-state index contributed by atoms with van der Waals surface area (Å²) in [4.78, 5) is 4.18. The van der Waals surface area contributed by atoms with Gasteiger partial charge in [-0.05, 0) is 24.3 Å². The Morgan fingerprint density at radius 3 is 2.61 bits per heavy atom. The van der Waals surface area contributed by atoms with Gasteiger partial charge in [-0.1, -0.05) is 18.2 Å². The van der Waals surface area contributed by atoms with Crippen molar-refractivity contribution >= 4 is 20.8 Å². The highest BCUT2D eigenvalue weighted by atomic mass is 32.2. The van der Waals surface area contributed by atoms with Crippen molar-refractivity contribution in [3.05, 3.63) is 54.9 Å². The van der Waals surface area contributed by atoms with Crippen LogP contribution < -0.4 is 0 Å². The summed E-state index contributed by atoms with van der Waals surface area (Å²) in [7, 11) is -3.56. The molecule has 0 unspecified atom stereocenters. The summed E-state index contributed by atoms with van der Waals surface area (Å²) in [5.74, 6) is 0. The van der Waals surface area contributed by atoms with Crippen LogP contribution in [0.4, 0.5) is 0 Å². The molecule has 3 aromatic rings. The van der Waals surface area contributed by atoms with Crippen molar-refractivity contribution < 1.29 is 12.8 Å². The van der Waals surface area contributed by atoms with Gasteiger partial charge < -0.3 is 4.42 Å². The van der Waals surface area contributed by atoms with Crippen LogP contribution in [-0.4, -0.2) is 13.4 Å². The summed E-state index contributed by atoms with van der Waals surface area (Å²) in [6.07, 6.45) is 2.93. The van der Waals surface area contributed by atoms with Crippen LogP contribution in [0.5, 0.6) is 0 Å². The van der Waals surface area contributed by atoms with E-state index in [1.165, 1.54) is 18.5 Å². The molecule has 0 N–H and O–H groups in total. The Bertz CT molecular complexity index is 791. The van der Waals surface area contributed by atoms with Gasteiger partial charge >= 0.3 is 0 Å². The summed E-state index contributed by atoms with van der Waals surface area (Å²) >= 11 is 0. The molecule has 18 heavy (non-hydrogen) atoms. The first-order chi connectivity index (χ1) is 8.68. The third-order valence-electron chi connectivity index (χ3n) is 2.64. The maximum absolute atomic E-state index is 12.3. The lowest BCUT2D eigenvalue weighted by atomic mass is 10.3. The molecule has 0 fully saturated rings. The summed E-state index contributed by atoms with van der Waals surface area (Å²) < 4.78 is 29.7. The number of benzene rings is 1. The lowest BCUT2D eigenvalue weighted by Crippen LogP contribution is -2.03. The van der Waals surface area contributed by atoms with Gasteiger partial charge in [0.15, 0.2) is 10.6 Å². The van der Waals surface area contributed by atoms with Crippen molar-refractivity contribution in [2.75, 3.05) is 0 Å². The molecular formula is C13H9NO3S. The first-order valence-electron chi connectivity index (χ1n) is 5.31. The molecule has 0 saturated heterocycles. The van der Waals surface area contributed by atoms with Gasteiger partial charge in [-0.2, -0.15) is 0 Å². The van der Waals surface area contributed by atoms with E-state index in [1.54, 1.807) is 36.4 Å². The van der Waals surface area contributed by atoms with Gasteiger partial charge in [0, 0.05) is 5.39 Å². The average molecular weight is 259 g/mol. The van der Waals surface area contributed by atoms with Gasteiger partial charge in [0.05, 0.1) is 17.4 Å². The van der Waals surface area contributed by atoms with Crippen molar-refractivity contribution in [3.8, 4) is 0 Å². The minimum Gasteiger partial charge on any atom is -0.463 e. The fraction of sp³-hybridized carbons (Fsp3) is 0. The molecule has 0 aliphatic carbocycles. The molecule has 2 heterocycles. The fourth-order valence-electron chi connectivity index (χ4n) is 1.71. The normalized spacial score (nSPS) is 11.8. The molecule has 0 saturated carbocycles. The molecule has 0 aliphatic heterocycles. The molecule has 0 amide bonds. The van der Waals surface area contributed by atoms with E-state index >= 15 is 0 Å². The number of pyridine rings is 1. The number of furan rings is 1. The van der Waals surface area contributed by atoms with Crippen LogP contribution in [0, 0.1) is 0 Å². The number of hydrogen-bond donors (Lipinski definition) is 0. The van der Waals surface area contributed by atoms with E-state index in [0.717, 1.165) is 5.39 Å². The van der Waals surface area contributed by atoms with Crippen LogP contribution >= 0.6 is 0 Å². The fourth-order valence-corrected chi connectivity index (χ4v) is 2.95. The van der Waals surface area contributed by atoms with Crippen molar-refractivity contribution in [1.29, 1.82) is 0 Å². The molecular weight excluding hydrogens is 250 g/mol. The van der Waals surface area contributed by atoms with E-state index in [-0.39, 0.29) is 9.92 Å². The van der Waals surface area contributed by atoms with Crippen LogP contribution in [0.15, 0.2) is 69.3 Å².